The van der Waals surface area contributed by atoms with E-state index in [0.717, 1.165) is 6.07 Å². The second-order valence-corrected chi connectivity index (χ2v) is 5.57. The maximum absolute atomic E-state index is 13.1. The molecule has 1 unspecified atom stereocenters. The predicted octanol–water partition coefficient (Wildman–Crippen LogP) is 3.08. The first-order valence-electron chi connectivity index (χ1n) is 6.10. The van der Waals surface area contributed by atoms with Gasteiger partial charge in [0, 0.05) is 17.6 Å². The van der Waals surface area contributed by atoms with Gasteiger partial charge in [-0.15, -0.1) is 0 Å². The van der Waals surface area contributed by atoms with Crippen molar-refractivity contribution in [3.8, 4) is 0 Å². The third-order valence-electron chi connectivity index (χ3n) is 3.86. The zero-order valence-corrected chi connectivity index (χ0v) is 11.4. The fourth-order valence-corrected chi connectivity index (χ4v) is 2.24. The van der Waals surface area contributed by atoms with E-state index < -0.39 is 22.7 Å². The topological polar surface area (TPSA) is 46.2 Å². The molecule has 0 bridgehead atoms. The third kappa shape index (κ3) is 3.09. The van der Waals surface area contributed by atoms with Crippen LogP contribution in [0.5, 0.6) is 0 Å². The summed E-state index contributed by atoms with van der Waals surface area (Å²) in [4.78, 5) is 0. The molecular formula is C14H20F3NO. The van der Waals surface area contributed by atoms with Crippen LogP contribution < -0.4 is 5.73 Å². The number of hydrogen-bond acceptors (Lipinski definition) is 2. The lowest BCUT2D eigenvalue weighted by Crippen LogP contribution is -2.53. The fraction of sp³-hybridized carbons (Fsp3) is 0.571. The van der Waals surface area contributed by atoms with Gasteiger partial charge < -0.3 is 10.8 Å². The number of alkyl halides is 3. The van der Waals surface area contributed by atoms with Crippen molar-refractivity contribution in [2.45, 2.75) is 44.3 Å². The van der Waals surface area contributed by atoms with Gasteiger partial charge in [-0.05, 0) is 31.9 Å². The Bertz CT molecular complexity index is 437. The molecule has 0 radical (unpaired) electrons. The lowest BCUT2D eigenvalue weighted by atomic mass is 9.65. The van der Waals surface area contributed by atoms with Gasteiger partial charge in [-0.1, -0.05) is 25.1 Å². The van der Waals surface area contributed by atoms with Crippen molar-refractivity contribution in [2.24, 2.45) is 5.73 Å². The van der Waals surface area contributed by atoms with E-state index in [9.17, 15) is 18.3 Å². The van der Waals surface area contributed by atoms with Crippen LogP contribution in [0.15, 0.2) is 24.3 Å². The summed E-state index contributed by atoms with van der Waals surface area (Å²) in [5.74, 6) is 0. The summed E-state index contributed by atoms with van der Waals surface area (Å²) in [5, 5.41) is 9.18. The van der Waals surface area contributed by atoms with E-state index >= 15 is 0 Å². The van der Waals surface area contributed by atoms with Crippen molar-refractivity contribution in [3.63, 3.8) is 0 Å². The number of aliphatic hydroxyl groups excluding tert-OH is 1. The molecule has 0 aliphatic heterocycles. The molecule has 3 N–H and O–H groups in total. The van der Waals surface area contributed by atoms with Crippen molar-refractivity contribution < 1.29 is 18.3 Å². The number of halogens is 3. The minimum absolute atomic E-state index is 0.129. The Labute approximate surface area is 111 Å². The second kappa shape index (κ2) is 5.13. The zero-order valence-electron chi connectivity index (χ0n) is 11.4. The van der Waals surface area contributed by atoms with Crippen molar-refractivity contribution in [1.82, 2.24) is 0 Å². The standard InChI is InChI=1S/C14H20F3NO/c1-12(2,18)13(3,8-9-19)10-6-4-5-7-11(10)14(15,16)17/h4-7,19H,8-9,18H2,1-3H3. The molecule has 1 atom stereocenters. The third-order valence-corrected chi connectivity index (χ3v) is 3.86. The maximum atomic E-state index is 13.1. The molecule has 0 aliphatic rings. The van der Waals surface area contributed by atoms with Gasteiger partial charge >= 0.3 is 6.18 Å². The molecule has 0 fully saturated rings. The van der Waals surface area contributed by atoms with Gasteiger partial charge in [0.25, 0.3) is 0 Å². The molecule has 1 aromatic rings. The first kappa shape index (κ1) is 16.0. The molecule has 0 amide bonds. The molecule has 0 spiro atoms. The summed E-state index contributed by atoms with van der Waals surface area (Å²) >= 11 is 0. The summed E-state index contributed by atoms with van der Waals surface area (Å²) in [6.45, 7) is 4.79. The van der Waals surface area contributed by atoms with Gasteiger partial charge in [0.1, 0.15) is 0 Å². The van der Waals surface area contributed by atoms with Crippen LogP contribution in [-0.4, -0.2) is 17.3 Å². The quantitative estimate of drug-likeness (QED) is 0.887. The molecule has 0 aromatic heterocycles. The highest BCUT2D eigenvalue weighted by molar-refractivity contribution is 5.38. The minimum atomic E-state index is -4.43. The summed E-state index contributed by atoms with van der Waals surface area (Å²) in [5.41, 5.74) is 3.65. The van der Waals surface area contributed by atoms with Gasteiger partial charge in [-0.2, -0.15) is 13.2 Å². The number of aliphatic hydroxyl groups is 1. The number of hydrogen-bond donors (Lipinski definition) is 2. The summed E-state index contributed by atoms with van der Waals surface area (Å²) in [6, 6.07) is 5.41. The van der Waals surface area contributed by atoms with Crippen LogP contribution in [0.4, 0.5) is 13.2 Å². The van der Waals surface area contributed by atoms with Crippen molar-refractivity contribution in [1.29, 1.82) is 0 Å². The van der Waals surface area contributed by atoms with E-state index in [4.69, 9.17) is 5.73 Å². The molecule has 19 heavy (non-hydrogen) atoms. The lowest BCUT2D eigenvalue weighted by molar-refractivity contribution is -0.139. The van der Waals surface area contributed by atoms with Gasteiger partial charge in [0.15, 0.2) is 0 Å². The van der Waals surface area contributed by atoms with E-state index in [1.165, 1.54) is 12.1 Å². The van der Waals surface area contributed by atoms with Crippen molar-refractivity contribution >= 4 is 0 Å². The molecule has 5 heteroatoms. The predicted molar refractivity (Wildman–Crippen MR) is 68.8 cm³/mol. The molecule has 2 nitrogen and oxygen atoms in total. The Kier molecular flexibility index (Phi) is 4.32. The first-order valence-corrected chi connectivity index (χ1v) is 6.10. The number of nitrogens with two attached hydrogens (primary N) is 1. The summed E-state index contributed by atoms with van der Waals surface area (Å²) in [6.07, 6.45) is -4.26. The average molecular weight is 275 g/mol. The molecular weight excluding hydrogens is 255 g/mol. The molecule has 0 aliphatic carbocycles. The summed E-state index contributed by atoms with van der Waals surface area (Å²) in [7, 11) is 0. The highest BCUT2D eigenvalue weighted by Crippen LogP contribution is 2.43. The molecule has 1 aromatic carbocycles. The van der Waals surface area contributed by atoms with E-state index in [1.807, 2.05) is 0 Å². The van der Waals surface area contributed by atoms with Crippen LogP contribution in [0.2, 0.25) is 0 Å². The van der Waals surface area contributed by atoms with Crippen LogP contribution in [0, 0.1) is 0 Å². The number of benzene rings is 1. The summed E-state index contributed by atoms with van der Waals surface area (Å²) < 4.78 is 39.3. The van der Waals surface area contributed by atoms with Crippen molar-refractivity contribution in [3.05, 3.63) is 35.4 Å². The molecule has 0 heterocycles. The highest BCUT2D eigenvalue weighted by atomic mass is 19.4. The van der Waals surface area contributed by atoms with E-state index in [0.29, 0.717) is 0 Å². The van der Waals surface area contributed by atoms with Gasteiger partial charge in [0.2, 0.25) is 0 Å². The SMILES string of the molecule is CC(C)(N)C(C)(CCO)c1ccccc1C(F)(F)F. The largest absolute Gasteiger partial charge is 0.416 e. The van der Waals surface area contributed by atoms with Gasteiger partial charge in [0.05, 0.1) is 5.56 Å². The molecule has 1 rings (SSSR count). The molecule has 0 saturated carbocycles. The fourth-order valence-electron chi connectivity index (χ4n) is 2.24. The Hall–Kier alpha value is -1.07. The van der Waals surface area contributed by atoms with Crippen LogP contribution in [0.1, 0.15) is 38.3 Å². The van der Waals surface area contributed by atoms with E-state index in [1.54, 1.807) is 26.8 Å². The second-order valence-electron chi connectivity index (χ2n) is 5.57. The number of rotatable bonds is 4. The Morgan fingerprint density at radius 3 is 1.89 bits per heavy atom. The molecule has 0 saturated heterocycles. The van der Waals surface area contributed by atoms with E-state index in [-0.39, 0.29) is 18.6 Å². The van der Waals surface area contributed by atoms with Crippen molar-refractivity contribution in [2.75, 3.05) is 6.61 Å². The average Bonchev–Trinajstić information content (AvgIpc) is 2.26. The zero-order chi connectivity index (χ0) is 14.9. The van der Waals surface area contributed by atoms with Crippen LogP contribution >= 0.6 is 0 Å². The van der Waals surface area contributed by atoms with Gasteiger partial charge in [-0.3, -0.25) is 0 Å². The Morgan fingerprint density at radius 1 is 1.05 bits per heavy atom. The monoisotopic (exact) mass is 275 g/mol. The lowest BCUT2D eigenvalue weighted by Gasteiger charge is -2.43. The normalized spacial score (nSPS) is 16.2. The highest BCUT2D eigenvalue weighted by Gasteiger charge is 2.45. The first-order chi connectivity index (χ1) is 8.54. The van der Waals surface area contributed by atoms with Crippen LogP contribution in [0.25, 0.3) is 0 Å². The Morgan fingerprint density at radius 2 is 1.53 bits per heavy atom. The van der Waals surface area contributed by atoms with Crippen LogP contribution in [-0.2, 0) is 11.6 Å². The van der Waals surface area contributed by atoms with Crippen LogP contribution in [0.3, 0.4) is 0 Å². The smallest absolute Gasteiger partial charge is 0.396 e. The van der Waals surface area contributed by atoms with Gasteiger partial charge in [-0.25, -0.2) is 0 Å². The van der Waals surface area contributed by atoms with E-state index in [2.05, 4.69) is 0 Å². The minimum Gasteiger partial charge on any atom is -0.396 e. The Balaban J connectivity index is 3.49. The molecule has 108 valence electrons. The maximum Gasteiger partial charge on any atom is 0.416 e.